The Morgan fingerprint density at radius 3 is 2.62 bits per heavy atom. The first-order valence-electron chi connectivity index (χ1n) is 7.11. The molecule has 9 heteroatoms. The normalized spacial score (nSPS) is 17.8. The van der Waals surface area contributed by atoms with Crippen LogP contribution >= 0.6 is 0 Å². The SMILES string of the molecule is COc1ccc(C(=O)NC2CC(=O)N(CC(F)(F)F)C2)c(OC)c1. The Labute approximate surface area is 136 Å². The van der Waals surface area contributed by atoms with Gasteiger partial charge >= 0.3 is 6.18 Å². The number of nitrogens with one attached hydrogen (secondary N) is 1. The highest BCUT2D eigenvalue weighted by atomic mass is 19.4. The fourth-order valence-electron chi connectivity index (χ4n) is 2.49. The zero-order chi connectivity index (χ0) is 17.9. The molecule has 0 radical (unpaired) electrons. The van der Waals surface area contributed by atoms with E-state index in [1.807, 2.05) is 0 Å². The van der Waals surface area contributed by atoms with E-state index in [4.69, 9.17) is 9.47 Å². The second-order valence-electron chi connectivity index (χ2n) is 5.33. The fraction of sp³-hybridized carbons (Fsp3) is 0.467. The first-order chi connectivity index (χ1) is 11.2. The number of halogens is 3. The highest BCUT2D eigenvalue weighted by Crippen LogP contribution is 2.25. The van der Waals surface area contributed by atoms with E-state index in [-0.39, 0.29) is 24.3 Å². The summed E-state index contributed by atoms with van der Waals surface area (Å²) in [7, 11) is 2.85. The molecule has 0 aliphatic carbocycles. The van der Waals surface area contributed by atoms with Crippen molar-refractivity contribution >= 4 is 11.8 Å². The molecule has 0 aromatic heterocycles. The average Bonchev–Trinajstić information content (AvgIpc) is 2.83. The lowest BCUT2D eigenvalue weighted by atomic mass is 10.1. The summed E-state index contributed by atoms with van der Waals surface area (Å²) in [6, 6.07) is 3.88. The number of hydrogen-bond acceptors (Lipinski definition) is 4. The number of carbonyl (C=O) groups is 2. The quantitative estimate of drug-likeness (QED) is 0.879. The van der Waals surface area contributed by atoms with E-state index in [1.165, 1.54) is 26.4 Å². The fourth-order valence-corrected chi connectivity index (χ4v) is 2.49. The van der Waals surface area contributed by atoms with Gasteiger partial charge in [0, 0.05) is 19.0 Å². The summed E-state index contributed by atoms with van der Waals surface area (Å²) < 4.78 is 47.3. The number of likely N-dealkylation sites (tertiary alicyclic amines) is 1. The van der Waals surface area contributed by atoms with Gasteiger partial charge in [-0.1, -0.05) is 0 Å². The third-order valence-corrected chi connectivity index (χ3v) is 3.57. The minimum absolute atomic E-state index is 0.166. The molecule has 1 aliphatic rings. The number of alkyl halides is 3. The van der Waals surface area contributed by atoms with Crippen LogP contribution in [-0.4, -0.2) is 56.2 Å². The van der Waals surface area contributed by atoms with Gasteiger partial charge in [-0.2, -0.15) is 13.2 Å². The molecule has 2 rings (SSSR count). The summed E-state index contributed by atoms with van der Waals surface area (Å²) >= 11 is 0. The van der Waals surface area contributed by atoms with Crippen LogP contribution in [0.3, 0.4) is 0 Å². The highest BCUT2D eigenvalue weighted by Gasteiger charge is 2.38. The van der Waals surface area contributed by atoms with Crippen molar-refractivity contribution in [1.82, 2.24) is 10.2 Å². The second-order valence-corrected chi connectivity index (χ2v) is 5.33. The molecule has 1 saturated heterocycles. The summed E-state index contributed by atoms with van der Waals surface area (Å²) in [6.45, 7) is -1.49. The largest absolute Gasteiger partial charge is 0.497 e. The topological polar surface area (TPSA) is 67.9 Å². The first kappa shape index (κ1) is 17.9. The molecule has 1 aromatic rings. The van der Waals surface area contributed by atoms with Crippen LogP contribution < -0.4 is 14.8 Å². The molecule has 1 aliphatic heterocycles. The lowest BCUT2D eigenvalue weighted by Gasteiger charge is -2.19. The van der Waals surface area contributed by atoms with Crippen LogP contribution in [0.1, 0.15) is 16.8 Å². The van der Waals surface area contributed by atoms with Crippen LogP contribution in [0.15, 0.2) is 18.2 Å². The van der Waals surface area contributed by atoms with E-state index in [9.17, 15) is 22.8 Å². The van der Waals surface area contributed by atoms with E-state index >= 15 is 0 Å². The van der Waals surface area contributed by atoms with Crippen molar-refractivity contribution in [3.63, 3.8) is 0 Å². The van der Waals surface area contributed by atoms with Crippen molar-refractivity contribution in [2.45, 2.75) is 18.6 Å². The third-order valence-electron chi connectivity index (χ3n) is 3.57. The van der Waals surface area contributed by atoms with Gasteiger partial charge in [0.05, 0.1) is 25.8 Å². The predicted octanol–water partition coefficient (Wildman–Crippen LogP) is 1.60. The summed E-state index contributed by atoms with van der Waals surface area (Å²) in [5.74, 6) is -0.403. The van der Waals surface area contributed by atoms with Gasteiger partial charge in [-0.05, 0) is 12.1 Å². The van der Waals surface area contributed by atoms with Crippen LogP contribution in [0.25, 0.3) is 0 Å². The molecule has 1 N–H and O–H groups in total. The van der Waals surface area contributed by atoms with E-state index in [1.54, 1.807) is 6.07 Å². The molecule has 0 saturated carbocycles. The number of amides is 2. The van der Waals surface area contributed by atoms with Crippen LogP contribution in [0.5, 0.6) is 11.5 Å². The lowest BCUT2D eigenvalue weighted by molar-refractivity contribution is -0.157. The van der Waals surface area contributed by atoms with Gasteiger partial charge in [0.15, 0.2) is 0 Å². The third kappa shape index (κ3) is 4.30. The van der Waals surface area contributed by atoms with Gasteiger partial charge < -0.3 is 19.7 Å². The molecule has 1 unspecified atom stereocenters. The van der Waals surface area contributed by atoms with E-state index in [0.29, 0.717) is 10.6 Å². The van der Waals surface area contributed by atoms with Gasteiger partial charge in [0.1, 0.15) is 18.0 Å². The van der Waals surface area contributed by atoms with E-state index < -0.39 is 30.6 Å². The first-order valence-corrected chi connectivity index (χ1v) is 7.11. The molecule has 1 heterocycles. The smallest absolute Gasteiger partial charge is 0.406 e. The molecule has 132 valence electrons. The summed E-state index contributed by atoms with van der Waals surface area (Å²) in [4.78, 5) is 24.6. The number of nitrogens with zero attached hydrogens (tertiary/aromatic N) is 1. The molecule has 6 nitrogen and oxygen atoms in total. The van der Waals surface area contributed by atoms with Crippen molar-refractivity contribution in [2.75, 3.05) is 27.3 Å². The predicted molar refractivity (Wildman–Crippen MR) is 78.1 cm³/mol. The minimum Gasteiger partial charge on any atom is -0.497 e. The Kier molecular flexibility index (Phi) is 5.20. The van der Waals surface area contributed by atoms with Gasteiger partial charge in [-0.25, -0.2) is 0 Å². The maximum absolute atomic E-state index is 12.4. The molecular formula is C15H17F3N2O4. The summed E-state index contributed by atoms with van der Waals surface area (Å²) in [6.07, 6.45) is -4.63. The van der Waals surface area contributed by atoms with Crippen molar-refractivity contribution < 1.29 is 32.2 Å². The number of rotatable bonds is 5. The lowest BCUT2D eigenvalue weighted by Crippen LogP contribution is -2.39. The van der Waals surface area contributed by atoms with Crippen LogP contribution in [0.2, 0.25) is 0 Å². The Morgan fingerprint density at radius 2 is 2.04 bits per heavy atom. The maximum Gasteiger partial charge on any atom is 0.406 e. The number of methoxy groups -OCH3 is 2. The van der Waals surface area contributed by atoms with E-state index in [2.05, 4.69) is 5.32 Å². The second kappa shape index (κ2) is 6.98. The molecule has 1 aromatic carbocycles. The summed E-state index contributed by atoms with van der Waals surface area (Å²) in [5.41, 5.74) is 0.208. The van der Waals surface area contributed by atoms with Gasteiger partial charge in [0.2, 0.25) is 5.91 Å². The van der Waals surface area contributed by atoms with Crippen LogP contribution in [0, 0.1) is 0 Å². The number of hydrogen-bond donors (Lipinski definition) is 1. The van der Waals surface area contributed by atoms with Gasteiger partial charge in [0.25, 0.3) is 5.91 Å². The Morgan fingerprint density at radius 1 is 1.33 bits per heavy atom. The van der Waals surface area contributed by atoms with Crippen LogP contribution in [0.4, 0.5) is 13.2 Å². The average molecular weight is 346 g/mol. The zero-order valence-corrected chi connectivity index (χ0v) is 13.1. The summed E-state index contributed by atoms with van der Waals surface area (Å²) in [5, 5.41) is 2.56. The molecule has 1 fully saturated rings. The van der Waals surface area contributed by atoms with Crippen molar-refractivity contribution in [2.24, 2.45) is 0 Å². The standard InChI is InChI=1S/C15H17F3N2O4/c1-23-10-3-4-11(12(6-10)24-2)14(22)19-9-5-13(21)20(7-9)8-15(16,17)18/h3-4,6,9H,5,7-8H2,1-2H3,(H,19,22). The molecule has 0 bridgehead atoms. The Balaban J connectivity index is 2.04. The number of ether oxygens (including phenoxy) is 2. The highest BCUT2D eigenvalue weighted by molar-refractivity contribution is 5.97. The monoisotopic (exact) mass is 346 g/mol. The van der Waals surface area contributed by atoms with Gasteiger partial charge in [-0.3, -0.25) is 9.59 Å². The molecule has 1 atom stereocenters. The van der Waals surface area contributed by atoms with Crippen molar-refractivity contribution in [3.8, 4) is 11.5 Å². The molecule has 0 spiro atoms. The zero-order valence-electron chi connectivity index (χ0n) is 13.1. The Hall–Kier alpha value is -2.45. The van der Waals surface area contributed by atoms with Gasteiger partial charge in [-0.15, -0.1) is 0 Å². The molecule has 2 amide bonds. The number of benzene rings is 1. The van der Waals surface area contributed by atoms with Crippen molar-refractivity contribution in [3.05, 3.63) is 23.8 Å². The van der Waals surface area contributed by atoms with E-state index in [0.717, 1.165) is 0 Å². The molecule has 24 heavy (non-hydrogen) atoms. The minimum atomic E-state index is -4.46. The number of carbonyl (C=O) groups excluding carboxylic acids is 2. The molecular weight excluding hydrogens is 329 g/mol. The van der Waals surface area contributed by atoms with Crippen LogP contribution in [-0.2, 0) is 4.79 Å². The maximum atomic E-state index is 12.4. The van der Waals surface area contributed by atoms with Crippen molar-refractivity contribution in [1.29, 1.82) is 0 Å². The Bertz CT molecular complexity index is 634.